The normalized spacial score (nSPS) is 44.4. The number of ether oxygens (including phenoxy) is 1. The molecule has 0 aromatic rings. The summed E-state index contributed by atoms with van der Waals surface area (Å²) < 4.78 is 5.70. The molecular formula is C10H16O3. The van der Waals surface area contributed by atoms with E-state index in [4.69, 9.17) is 9.84 Å². The van der Waals surface area contributed by atoms with Crippen LogP contribution < -0.4 is 0 Å². The molecule has 3 heteroatoms. The van der Waals surface area contributed by atoms with Crippen LogP contribution in [-0.4, -0.2) is 23.3 Å². The van der Waals surface area contributed by atoms with Gasteiger partial charge in [-0.2, -0.15) is 0 Å². The van der Waals surface area contributed by atoms with E-state index in [1.807, 2.05) is 0 Å². The third kappa shape index (κ3) is 1.70. The number of rotatable bonds is 1. The van der Waals surface area contributed by atoms with Gasteiger partial charge in [0.15, 0.2) is 0 Å². The Morgan fingerprint density at radius 1 is 1.38 bits per heavy atom. The minimum Gasteiger partial charge on any atom is -0.481 e. The molecule has 1 aliphatic carbocycles. The Labute approximate surface area is 78.1 Å². The molecule has 2 fully saturated rings. The lowest BCUT2D eigenvalue weighted by Crippen LogP contribution is -2.29. The van der Waals surface area contributed by atoms with Crippen LogP contribution in [0.1, 0.15) is 32.6 Å². The highest BCUT2D eigenvalue weighted by atomic mass is 16.5. The van der Waals surface area contributed by atoms with Gasteiger partial charge in [0.05, 0.1) is 18.1 Å². The van der Waals surface area contributed by atoms with E-state index in [1.54, 1.807) is 0 Å². The molecule has 1 aliphatic heterocycles. The first kappa shape index (κ1) is 9.00. The fourth-order valence-corrected chi connectivity index (χ4v) is 2.67. The molecule has 0 aromatic carbocycles. The second-order valence-electron chi connectivity index (χ2n) is 4.33. The minimum absolute atomic E-state index is 0.116. The zero-order valence-electron chi connectivity index (χ0n) is 7.90. The average molecular weight is 184 g/mol. The van der Waals surface area contributed by atoms with E-state index in [9.17, 15) is 4.79 Å². The highest BCUT2D eigenvalue weighted by Gasteiger charge is 2.39. The Morgan fingerprint density at radius 3 is 2.85 bits per heavy atom. The zero-order chi connectivity index (χ0) is 9.42. The van der Waals surface area contributed by atoms with Crippen molar-refractivity contribution in [2.24, 2.45) is 11.8 Å². The number of fused-ring (bicyclic) bond motifs is 1. The van der Waals surface area contributed by atoms with Crippen molar-refractivity contribution in [3.8, 4) is 0 Å². The molecule has 2 aliphatic rings. The number of aliphatic carboxylic acids is 1. The van der Waals surface area contributed by atoms with Crippen LogP contribution >= 0.6 is 0 Å². The lowest BCUT2D eigenvalue weighted by molar-refractivity contribution is -0.144. The second kappa shape index (κ2) is 3.29. The maximum atomic E-state index is 10.8. The maximum absolute atomic E-state index is 10.8. The standard InChI is InChI=1S/C10H16O3/c1-6-4-8-5-7(10(11)12)2-3-9(8)13-6/h6-9H,2-5H2,1H3,(H,11,12)/t6-,7+,8-,9+/m1/s1. The average Bonchev–Trinajstić information content (AvgIpc) is 2.42. The van der Waals surface area contributed by atoms with Gasteiger partial charge in [0.25, 0.3) is 0 Å². The van der Waals surface area contributed by atoms with Gasteiger partial charge in [-0.25, -0.2) is 0 Å². The largest absolute Gasteiger partial charge is 0.481 e. The lowest BCUT2D eigenvalue weighted by atomic mass is 9.79. The van der Waals surface area contributed by atoms with Gasteiger partial charge in [-0.1, -0.05) is 0 Å². The number of hydrogen-bond acceptors (Lipinski definition) is 2. The van der Waals surface area contributed by atoms with Crippen molar-refractivity contribution in [1.29, 1.82) is 0 Å². The van der Waals surface area contributed by atoms with E-state index >= 15 is 0 Å². The smallest absolute Gasteiger partial charge is 0.306 e. The molecule has 4 atom stereocenters. The Hall–Kier alpha value is -0.570. The first-order valence-corrected chi connectivity index (χ1v) is 5.05. The summed E-state index contributed by atoms with van der Waals surface area (Å²) in [6.45, 7) is 2.08. The molecule has 0 spiro atoms. The molecule has 1 N–H and O–H groups in total. The molecule has 74 valence electrons. The third-order valence-electron chi connectivity index (χ3n) is 3.30. The van der Waals surface area contributed by atoms with Crippen molar-refractivity contribution in [2.75, 3.05) is 0 Å². The van der Waals surface area contributed by atoms with Crippen molar-refractivity contribution in [3.63, 3.8) is 0 Å². The van der Waals surface area contributed by atoms with Crippen molar-refractivity contribution < 1.29 is 14.6 Å². The molecule has 0 radical (unpaired) electrons. The third-order valence-corrected chi connectivity index (χ3v) is 3.30. The summed E-state index contributed by atoms with van der Waals surface area (Å²) in [4.78, 5) is 10.8. The van der Waals surface area contributed by atoms with Gasteiger partial charge in [-0.3, -0.25) is 4.79 Å². The molecule has 0 aromatic heterocycles. The van der Waals surface area contributed by atoms with Gasteiger partial charge in [-0.15, -0.1) is 0 Å². The molecule has 1 heterocycles. The van der Waals surface area contributed by atoms with E-state index in [0.717, 1.165) is 25.7 Å². The predicted octanol–water partition coefficient (Wildman–Crippen LogP) is 1.66. The predicted molar refractivity (Wildman–Crippen MR) is 47.4 cm³/mol. The second-order valence-corrected chi connectivity index (χ2v) is 4.33. The van der Waals surface area contributed by atoms with Gasteiger partial charge in [-0.05, 0) is 38.5 Å². The van der Waals surface area contributed by atoms with Crippen LogP contribution in [0.3, 0.4) is 0 Å². The van der Waals surface area contributed by atoms with E-state index in [2.05, 4.69) is 6.92 Å². The van der Waals surface area contributed by atoms with E-state index in [0.29, 0.717) is 18.1 Å². The van der Waals surface area contributed by atoms with E-state index in [-0.39, 0.29) is 5.92 Å². The van der Waals surface area contributed by atoms with Gasteiger partial charge >= 0.3 is 5.97 Å². The van der Waals surface area contributed by atoms with Crippen LogP contribution in [0.5, 0.6) is 0 Å². The SMILES string of the molecule is C[C@@H]1C[C@@H]2C[C@@H](C(=O)O)CC[C@@H]2O1. The summed E-state index contributed by atoms with van der Waals surface area (Å²) in [7, 11) is 0. The lowest BCUT2D eigenvalue weighted by Gasteiger charge is -2.28. The Balaban J connectivity index is 1.97. The van der Waals surface area contributed by atoms with E-state index < -0.39 is 5.97 Å². The monoisotopic (exact) mass is 184 g/mol. The summed E-state index contributed by atoms with van der Waals surface area (Å²) in [5, 5.41) is 8.88. The van der Waals surface area contributed by atoms with Gasteiger partial charge < -0.3 is 9.84 Å². The Kier molecular flexibility index (Phi) is 2.28. The fraction of sp³-hybridized carbons (Fsp3) is 0.900. The van der Waals surface area contributed by atoms with Crippen molar-refractivity contribution in [2.45, 2.75) is 44.8 Å². The molecule has 0 bridgehead atoms. The molecule has 0 unspecified atom stereocenters. The number of hydrogen-bond donors (Lipinski definition) is 1. The quantitative estimate of drug-likeness (QED) is 0.674. The Morgan fingerprint density at radius 2 is 2.15 bits per heavy atom. The van der Waals surface area contributed by atoms with Gasteiger partial charge in [0.2, 0.25) is 0 Å². The highest BCUT2D eigenvalue weighted by Crippen LogP contribution is 2.39. The van der Waals surface area contributed by atoms with Gasteiger partial charge in [0.1, 0.15) is 0 Å². The number of carboxylic acid groups (broad SMARTS) is 1. The summed E-state index contributed by atoms with van der Waals surface area (Å²) in [6, 6.07) is 0. The molecule has 13 heavy (non-hydrogen) atoms. The zero-order valence-corrected chi connectivity index (χ0v) is 7.90. The first-order valence-electron chi connectivity index (χ1n) is 5.05. The van der Waals surface area contributed by atoms with Crippen molar-refractivity contribution in [3.05, 3.63) is 0 Å². The van der Waals surface area contributed by atoms with Crippen LogP contribution in [0.25, 0.3) is 0 Å². The van der Waals surface area contributed by atoms with Crippen LogP contribution in [0.2, 0.25) is 0 Å². The summed E-state index contributed by atoms with van der Waals surface area (Å²) in [5.41, 5.74) is 0. The molecule has 3 nitrogen and oxygen atoms in total. The minimum atomic E-state index is -0.627. The van der Waals surface area contributed by atoms with Crippen LogP contribution in [0.15, 0.2) is 0 Å². The number of carboxylic acids is 1. The topological polar surface area (TPSA) is 46.5 Å². The van der Waals surface area contributed by atoms with Crippen LogP contribution in [-0.2, 0) is 9.53 Å². The molecule has 1 saturated heterocycles. The summed E-state index contributed by atoms with van der Waals surface area (Å²) in [6.07, 6.45) is 4.29. The number of carbonyl (C=O) groups is 1. The molecule has 1 saturated carbocycles. The summed E-state index contributed by atoms with van der Waals surface area (Å²) in [5.74, 6) is -0.238. The van der Waals surface area contributed by atoms with Crippen LogP contribution in [0, 0.1) is 11.8 Å². The summed E-state index contributed by atoms with van der Waals surface area (Å²) >= 11 is 0. The maximum Gasteiger partial charge on any atom is 0.306 e. The van der Waals surface area contributed by atoms with Crippen molar-refractivity contribution >= 4 is 5.97 Å². The Bertz CT molecular complexity index is 214. The van der Waals surface area contributed by atoms with E-state index in [1.165, 1.54) is 0 Å². The van der Waals surface area contributed by atoms with Crippen LogP contribution in [0.4, 0.5) is 0 Å². The van der Waals surface area contributed by atoms with Crippen molar-refractivity contribution in [1.82, 2.24) is 0 Å². The fourth-order valence-electron chi connectivity index (χ4n) is 2.67. The molecular weight excluding hydrogens is 168 g/mol. The molecule has 0 amide bonds. The van der Waals surface area contributed by atoms with Gasteiger partial charge in [0, 0.05) is 0 Å². The molecule has 2 rings (SSSR count). The first-order chi connectivity index (χ1) is 6.16. The highest BCUT2D eigenvalue weighted by molar-refractivity contribution is 5.70.